The van der Waals surface area contributed by atoms with Crippen molar-refractivity contribution in [3.05, 3.63) is 12.3 Å². The lowest BCUT2D eigenvalue weighted by molar-refractivity contribution is 0.365. The molecule has 11 heavy (non-hydrogen) atoms. The van der Waals surface area contributed by atoms with Crippen molar-refractivity contribution in [2.45, 2.75) is 33.6 Å². The van der Waals surface area contributed by atoms with Crippen LogP contribution >= 0.6 is 0 Å². The third-order valence-electron chi connectivity index (χ3n) is 2.31. The molecule has 0 aliphatic rings. The number of hydrogen-bond donors (Lipinski definition) is 0. The molecule has 1 unspecified atom stereocenters. The van der Waals surface area contributed by atoms with Gasteiger partial charge in [-0.15, -0.1) is 0 Å². The fraction of sp³-hybridized carbons (Fsp3) is 0.800. The zero-order valence-corrected chi connectivity index (χ0v) is 8.35. The van der Waals surface area contributed by atoms with Gasteiger partial charge in [0.1, 0.15) is 0 Å². The van der Waals surface area contributed by atoms with Crippen molar-refractivity contribution < 1.29 is 0 Å². The number of rotatable bonds is 5. The molecular weight excluding hydrogens is 134 g/mol. The van der Waals surface area contributed by atoms with Crippen LogP contribution in [0.3, 0.4) is 0 Å². The molecule has 0 radical (unpaired) electrons. The maximum Gasteiger partial charge on any atom is 0.0174 e. The van der Waals surface area contributed by atoms with Gasteiger partial charge in [-0.2, -0.15) is 0 Å². The summed E-state index contributed by atoms with van der Waals surface area (Å²) in [5.74, 6) is 0.844. The van der Waals surface area contributed by atoms with Crippen molar-refractivity contribution in [3.8, 4) is 0 Å². The molecule has 1 heteroatoms. The Morgan fingerprint density at radius 3 is 2.45 bits per heavy atom. The van der Waals surface area contributed by atoms with Gasteiger partial charge in [0.25, 0.3) is 0 Å². The number of hydrogen-bond acceptors (Lipinski definition) is 1. The molecule has 66 valence electrons. The van der Waals surface area contributed by atoms with Gasteiger partial charge < -0.3 is 4.90 Å². The van der Waals surface area contributed by atoms with E-state index in [0.29, 0.717) is 0 Å². The standard InChI is InChI=1S/C10H21N/c1-6-10(4)7-8-11(5)9(2)3/h10H,2,6-8H2,1,3-5H3. The minimum Gasteiger partial charge on any atom is -0.379 e. The largest absolute Gasteiger partial charge is 0.379 e. The molecular formula is C10H21N. The molecule has 0 spiro atoms. The molecule has 0 saturated carbocycles. The van der Waals surface area contributed by atoms with Crippen LogP contribution in [0.15, 0.2) is 12.3 Å². The molecule has 0 aromatic rings. The van der Waals surface area contributed by atoms with Crippen LogP contribution in [0, 0.1) is 5.92 Å². The lowest BCUT2D eigenvalue weighted by Gasteiger charge is -2.20. The number of nitrogens with zero attached hydrogens (tertiary/aromatic N) is 1. The average molecular weight is 155 g/mol. The van der Waals surface area contributed by atoms with Gasteiger partial charge in [-0.1, -0.05) is 26.8 Å². The highest BCUT2D eigenvalue weighted by Gasteiger charge is 2.01. The maximum atomic E-state index is 3.88. The second-order valence-corrected chi connectivity index (χ2v) is 3.46. The van der Waals surface area contributed by atoms with Crippen molar-refractivity contribution in [1.29, 1.82) is 0 Å². The SMILES string of the molecule is C=C(C)N(C)CCC(C)CC. The molecule has 1 nitrogen and oxygen atoms in total. The fourth-order valence-corrected chi connectivity index (χ4v) is 0.809. The van der Waals surface area contributed by atoms with Crippen LogP contribution in [0.5, 0.6) is 0 Å². The molecule has 0 aromatic carbocycles. The lowest BCUT2D eigenvalue weighted by Crippen LogP contribution is -2.18. The Hall–Kier alpha value is -0.460. The van der Waals surface area contributed by atoms with Gasteiger partial charge in [0.2, 0.25) is 0 Å². The van der Waals surface area contributed by atoms with Crippen molar-refractivity contribution in [1.82, 2.24) is 4.90 Å². The summed E-state index contributed by atoms with van der Waals surface area (Å²) in [5, 5.41) is 0. The highest BCUT2D eigenvalue weighted by molar-refractivity contribution is 4.85. The van der Waals surface area contributed by atoms with E-state index in [-0.39, 0.29) is 0 Å². The van der Waals surface area contributed by atoms with E-state index in [0.717, 1.165) is 18.2 Å². The summed E-state index contributed by atoms with van der Waals surface area (Å²) in [7, 11) is 2.10. The summed E-state index contributed by atoms with van der Waals surface area (Å²) in [6, 6.07) is 0. The van der Waals surface area contributed by atoms with Crippen LogP contribution < -0.4 is 0 Å². The van der Waals surface area contributed by atoms with Gasteiger partial charge in [-0.25, -0.2) is 0 Å². The van der Waals surface area contributed by atoms with Crippen LogP contribution in [0.2, 0.25) is 0 Å². The minimum atomic E-state index is 0.844. The lowest BCUT2D eigenvalue weighted by atomic mass is 10.1. The maximum absolute atomic E-state index is 3.88. The fourth-order valence-electron chi connectivity index (χ4n) is 0.809. The molecule has 1 atom stereocenters. The monoisotopic (exact) mass is 155 g/mol. The Balaban J connectivity index is 3.45. The van der Waals surface area contributed by atoms with E-state index in [9.17, 15) is 0 Å². The molecule has 0 fully saturated rings. The topological polar surface area (TPSA) is 3.24 Å². The van der Waals surface area contributed by atoms with Gasteiger partial charge in [0, 0.05) is 19.3 Å². The van der Waals surface area contributed by atoms with E-state index < -0.39 is 0 Å². The second kappa shape index (κ2) is 5.22. The van der Waals surface area contributed by atoms with Crippen molar-refractivity contribution >= 4 is 0 Å². The van der Waals surface area contributed by atoms with Gasteiger partial charge in [-0.3, -0.25) is 0 Å². The molecule has 0 heterocycles. The molecule has 0 N–H and O–H groups in total. The van der Waals surface area contributed by atoms with Gasteiger partial charge in [0.05, 0.1) is 0 Å². The molecule has 0 aromatic heterocycles. The van der Waals surface area contributed by atoms with E-state index in [2.05, 4.69) is 39.3 Å². The number of allylic oxidation sites excluding steroid dienone is 1. The van der Waals surface area contributed by atoms with Crippen molar-refractivity contribution in [3.63, 3.8) is 0 Å². The summed E-state index contributed by atoms with van der Waals surface area (Å²) >= 11 is 0. The second-order valence-electron chi connectivity index (χ2n) is 3.46. The van der Waals surface area contributed by atoms with E-state index in [4.69, 9.17) is 0 Å². The van der Waals surface area contributed by atoms with E-state index in [1.54, 1.807) is 0 Å². The molecule has 0 rings (SSSR count). The van der Waals surface area contributed by atoms with Crippen LogP contribution in [0.4, 0.5) is 0 Å². The third kappa shape index (κ3) is 4.88. The first-order chi connectivity index (χ1) is 5.07. The first-order valence-corrected chi connectivity index (χ1v) is 4.44. The summed E-state index contributed by atoms with van der Waals surface area (Å²) in [4.78, 5) is 2.21. The Labute approximate surface area is 71.1 Å². The molecule has 0 bridgehead atoms. The minimum absolute atomic E-state index is 0.844. The van der Waals surface area contributed by atoms with E-state index in [1.165, 1.54) is 12.8 Å². The Morgan fingerprint density at radius 2 is 2.09 bits per heavy atom. The van der Waals surface area contributed by atoms with Gasteiger partial charge in [0.15, 0.2) is 0 Å². The predicted octanol–water partition coefficient (Wildman–Crippen LogP) is 2.89. The Kier molecular flexibility index (Phi) is 5.01. The first-order valence-electron chi connectivity index (χ1n) is 4.44. The van der Waals surface area contributed by atoms with Crippen molar-refractivity contribution in [2.75, 3.05) is 13.6 Å². The molecule has 0 aliphatic heterocycles. The third-order valence-corrected chi connectivity index (χ3v) is 2.31. The van der Waals surface area contributed by atoms with Crippen LogP contribution in [-0.2, 0) is 0 Å². The van der Waals surface area contributed by atoms with Gasteiger partial charge in [-0.05, 0) is 19.3 Å². The van der Waals surface area contributed by atoms with E-state index in [1.807, 2.05) is 0 Å². The van der Waals surface area contributed by atoms with Gasteiger partial charge >= 0.3 is 0 Å². The van der Waals surface area contributed by atoms with Crippen LogP contribution in [-0.4, -0.2) is 18.5 Å². The highest BCUT2D eigenvalue weighted by atomic mass is 15.1. The summed E-state index contributed by atoms with van der Waals surface area (Å²) < 4.78 is 0. The zero-order valence-electron chi connectivity index (χ0n) is 8.35. The van der Waals surface area contributed by atoms with Crippen LogP contribution in [0.1, 0.15) is 33.6 Å². The summed E-state index contributed by atoms with van der Waals surface area (Å²) in [5.41, 5.74) is 1.16. The van der Waals surface area contributed by atoms with Crippen LogP contribution in [0.25, 0.3) is 0 Å². The zero-order chi connectivity index (χ0) is 8.85. The quantitative estimate of drug-likeness (QED) is 0.590. The Morgan fingerprint density at radius 1 is 1.55 bits per heavy atom. The molecule has 0 saturated heterocycles. The normalized spacial score (nSPS) is 12.7. The average Bonchev–Trinajstić information content (AvgIpc) is 1.99. The highest BCUT2D eigenvalue weighted by Crippen LogP contribution is 2.08. The molecule has 0 aliphatic carbocycles. The Bertz CT molecular complexity index is 118. The predicted molar refractivity (Wildman–Crippen MR) is 51.5 cm³/mol. The van der Waals surface area contributed by atoms with E-state index >= 15 is 0 Å². The summed E-state index contributed by atoms with van der Waals surface area (Å²) in [6.45, 7) is 11.6. The first kappa shape index (κ1) is 10.5. The molecule has 0 amide bonds. The summed E-state index contributed by atoms with van der Waals surface area (Å²) in [6.07, 6.45) is 2.56. The smallest absolute Gasteiger partial charge is 0.0174 e. The van der Waals surface area contributed by atoms with Crippen molar-refractivity contribution in [2.24, 2.45) is 5.92 Å².